The Morgan fingerprint density at radius 1 is 1.62 bits per heavy atom. The fraction of sp³-hybridized carbons (Fsp3) is 0.600. The second kappa shape index (κ2) is 8.07. The molecule has 2 heterocycles. The highest BCUT2D eigenvalue weighted by Gasteiger charge is 2.29. The Bertz CT molecular complexity index is 467. The largest absolute Gasteiger partial charge is 0.378 e. The number of ether oxygens (including phenoxy) is 1. The number of carbonyl (C=O) groups excluding carboxylic acids is 1. The maximum absolute atomic E-state index is 12.2. The summed E-state index contributed by atoms with van der Waals surface area (Å²) >= 11 is 0. The minimum atomic E-state index is -0.240. The zero-order valence-electron chi connectivity index (χ0n) is 12.5. The lowest BCUT2D eigenvalue weighted by molar-refractivity contribution is -0.133. The predicted molar refractivity (Wildman–Crippen MR) is 80.4 cm³/mol. The van der Waals surface area contributed by atoms with Gasteiger partial charge in [-0.25, -0.2) is 0 Å². The third kappa shape index (κ3) is 4.23. The Balaban J connectivity index is 2.06. The number of rotatable bonds is 6. The molecule has 0 aliphatic carbocycles. The summed E-state index contributed by atoms with van der Waals surface area (Å²) in [5, 5.41) is 2.95. The van der Waals surface area contributed by atoms with Crippen LogP contribution < -0.4 is 11.1 Å². The molecule has 21 heavy (non-hydrogen) atoms. The minimum absolute atomic E-state index is 0.0368. The van der Waals surface area contributed by atoms with Crippen molar-refractivity contribution in [2.45, 2.75) is 32.5 Å². The normalized spacial score (nSPS) is 19.4. The van der Waals surface area contributed by atoms with Crippen LogP contribution in [0.15, 0.2) is 18.3 Å². The lowest BCUT2D eigenvalue weighted by Gasteiger charge is -2.34. The van der Waals surface area contributed by atoms with Gasteiger partial charge in [0.2, 0.25) is 5.91 Å². The number of nitrogens with two attached hydrogens (primary N) is 1. The van der Waals surface area contributed by atoms with Crippen molar-refractivity contribution < 1.29 is 9.53 Å². The van der Waals surface area contributed by atoms with Crippen molar-refractivity contribution in [2.75, 3.05) is 26.3 Å². The van der Waals surface area contributed by atoms with E-state index in [4.69, 9.17) is 10.5 Å². The number of nitrogens with zero attached hydrogens (tertiary/aromatic N) is 2. The average molecular weight is 292 g/mol. The standard InChI is InChI=1S/C15H24N4O2/c1-2-5-18-15(20)14-11-21-8-7-19(14)10-12-4-3-6-17-13(12)9-16/h3-4,6,14H,2,5,7-11,16H2,1H3,(H,18,20). The quantitative estimate of drug-likeness (QED) is 0.786. The molecule has 6 heteroatoms. The third-order valence-corrected chi connectivity index (χ3v) is 3.64. The van der Waals surface area contributed by atoms with E-state index in [2.05, 4.69) is 15.2 Å². The van der Waals surface area contributed by atoms with Crippen molar-refractivity contribution in [2.24, 2.45) is 5.73 Å². The van der Waals surface area contributed by atoms with Gasteiger partial charge in [0.25, 0.3) is 0 Å². The van der Waals surface area contributed by atoms with Crippen molar-refractivity contribution >= 4 is 5.91 Å². The van der Waals surface area contributed by atoms with E-state index >= 15 is 0 Å². The number of morpholine rings is 1. The monoisotopic (exact) mass is 292 g/mol. The van der Waals surface area contributed by atoms with E-state index in [0.717, 1.165) is 24.2 Å². The van der Waals surface area contributed by atoms with Gasteiger partial charge in [-0.2, -0.15) is 0 Å². The molecule has 1 amide bonds. The first kappa shape index (κ1) is 15.9. The van der Waals surface area contributed by atoms with Crippen LogP contribution in [0.25, 0.3) is 0 Å². The van der Waals surface area contributed by atoms with Crippen molar-refractivity contribution in [3.63, 3.8) is 0 Å². The minimum Gasteiger partial charge on any atom is -0.378 e. The van der Waals surface area contributed by atoms with Crippen molar-refractivity contribution in [1.29, 1.82) is 0 Å². The van der Waals surface area contributed by atoms with Gasteiger partial charge in [-0.1, -0.05) is 13.0 Å². The molecule has 6 nitrogen and oxygen atoms in total. The number of hydrogen-bond acceptors (Lipinski definition) is 5. The molecule has 1 aromatic rings. The molecular weight excluding hydrogens is 268 g/mol. The third-order valence-electron chi connectivity index (χ3n) is 3.64. The number of aromatic nitrogens is 1. The first-order valence-corrected chi connectivity index (χ1v) is 7.48. The van der Waals surface area contributed by atoms with E-state index in [-0.39, 0.29) is 11.9 Å². The zero-order chi connectivity index (χ0) is 15.1. The SMILES string of the molecule is CCCNC(=O)C1COCCN1Cc1cccnc1CN. The summed E-state index contributed by atoms with van der Waals surface area (Å²) in [7, 11) is 0. The van der Waals surface area contributed by atoms with Gasteiger partial charge >= 0.3 is 0 Å². The van der Waals surface area contributed by atoms with Gasteiger partial charge in [-0.15, -0.1) is 0 Å². The molecule has 1 aromatic heterocycles. The Labute approximate surface area is 125 Å². The van der Waals surface area contributed by atoms with Gasteiger partial charge in [-0.3, -0.25) is 14.7 Å². The number of amides is 1. The van der Waals surface area contributed by atoms with Crippen LogP contribution in [0.5, 0.6) is 0 Å². The van der Waals surface area contributed by atoms with Crippen LogP contribution in [0.4, 0.5) is 0 Å². The molecule has 1 atom stereocenters. The molecule has 1 unspecified atom stereocenters. The summed E-state index contributed by atoms with van der Waals surface area (Å²) in [6, 6.07) is 3.68. The van der Waals surface area contributed by atoms with Gasteiger partial charge in [0, 0.05) is 32.4 Å². The molecule has 1 fully saturated rings. The molecule has 0 saturated carbocycles. The smallest absolute Gasteiger partial charge is 0.239 e. The van der Waals surface area contributed by atoms with E-state index in [0.29, 0.717) is 32.8 Å². The zero-order valence-corrected chi connectivity index (χ0v) is 12.5. The second-order valence-electron chi connectivity index (χ2n) is 5.17. The van der Waals surface area contributed by atoms with Gasteiger partial charge in [-0.05, 0) is 18.1 Å². The van der Waals surface area contributed by atoms with E-state index < -0.39 is 0 Å². The van der Waals surface area contributed by atoms with Gasteiger partial charge < -0.3 is 15.8 Å². The predicted octanol–water partition coefficient (Wildman–Crippen LogP) is 0.267. The van der Waals surface area contributed by atoms with Gasteiger partial charge in [0.15, 0.2) is 0 Å². The van der Waals surface area contributed by atoms with E-state index in [1.54, 1.807) is 6.20 Å². The Morgan fingerprint density at radius 2 is 2.48 bits per heavy atom. The molecule has 0 bridgehead atoms. The summed E-state index contributed by atoms with van der Waals surface area (Å²) in [6.45, 7) is 5.65. The molecule has 1 saturated heterocycles. The fourth-order valence-corrected chi connectivity index (χ4v) is 2.45. The number of nitrogens with one attached hydrogen (secondary N) is 1. The second-order valence-corrected chi connectivity index (χ2v) is 5.17. The summed E-state index contributed by atoms with van der Waals surface area (Å²) < 4.78 is 5.46. The van der Waals surface area contributed by atoms with Gasteiger partial charge in [0.05, 0.1) is 18.9 Å². The van der Waals surface area contributed by atoms with E-state index in [9.17, 15) is 4.79 Å². The first-order chi connectivity index (χ1) is 10.3. The summed E-state index contributed by atoms with van der Waals surface area (Å²) in [5.74, 6) is 0.0368. The Hall–Kier alpha value is -1.50. The highest BCUT2D eigenvalue weighted by atomic mass is 16.5. The van der Waals surface area contributed by atoms with Gasteiger partial charge in [0.1, 0.15) is 6.04 Å². The van der Waals surface area contributed by atoms with Crippen LogP contribution in [-0.2, 0) is 22.6 Å². The Kier molecular flexibility index (Phi) is 6.10. The summed E-state index contributed by atoms with van der Waals surface area (Å²) in [6.07, 6.45) is 2.68. The summed E-state index contributed by atoms with van der Waals surface area (Å²) in [4.78, 5) is 18.7. The summed E-state index contributed by atoms with van der Waals surface area (Å²) in [5.41, 5.74) is 7.70. The van der Waals surface area contributed by atoms with E-state index in [1.165, 1.54) is 0 Å². The van der Waals surface area contributed by atoms with Crippen molar-refractivity contribution in [1.82, 2.24) is 15.2 Å². The highest BCUT2D eigenvalue weighted by Crippen LogP contribution is 2.14. The molecule has 1 aliphatic rings. The highest BCUT2D eigenvalue weighted by molar-refractivity contribution is 5.82. The van der Waals surface area contributed by atoms with Crippen molar-refractivity contribution in [3.8, 4) is 0 Å². The lowest BCUT2D eigenvalue weighted by atomic mass is 10.1. The molecule has 3 N–H and O–H groups in total. The van der Waals surface area contributed by atoms with Crippen LogP contribution in [0.1, 0.15) is 24.6 Å². The van der Waals surface area contributed by atoms with Crippen LogP contribution in [0.3, 0.4) is 0 Å². The first-order valence-electron chi connectivity index (χ1n) is 7.48. The lowest BCUT2D eigenvalue weighted by Crippen LogP contribution is -2.53. The van der Waals surface area contributed by atoms with Crippen molar-refractivity contribution in [3.05, 3.63) is 29.6 Å². The Morgan fingerprint density at radius 3 is 3.24 bits per heavy atom. The van der Waals surface area contributed by atoms with Crippen LogP contribution in [0, 0.1) is 0 Å². The molecule has 116 valence electrons. The molecular formula is C15H24N4O2. The van der Waals surface area contributed by atoms with Crippen LogP contribution in [0.2, 0.25) is 0 Å². The van der Waals surface area contributed by atoms with Crippen LogP contribution >= 0.6 is 0 Å². The number of hydrogen-bond donors (Lipinski definition) is 2. The number of carbonyl (C=O) groups is 1. The maximum atomic E-state index is 12.2. The molecule has 0 radical (unpaired) electrons. The molecule has 1 aliphatic heterocycles. The molecule has 2 rings (SSSR count). The molecule has 0 spiro atoms. The fourth-order valence-electron chi connectivity index (χ4n) is 2.45. The number of pyridine rings is 1. The average Bonchev–Trinajstić information content (AvgIpc) is 2.53. The maximum Gasteiger partial charge on any atom is 0.239 e. The van der Waals surface area contributed by atoms with Crippen LogP contribution in [-0.4, -0.2) is 48.1 Å². The topological polar surface area (TPSA) is 80.5 Å². The molecule has 0 aromatic carbocycles. The van der Waals surface area contributed by atoms with E-state index in [1.807, 2.05) is 19.1 Å².